The van der Waals surface area contributed by atoms with Crippen molar-refractivity contribution in [1.29, 1.82) is 0 Å². The zero-order chi connectivity index (χ0) is 15.4. The quantitative estimate of drug-likeness (QED) is 0.720. The van der Waals surface area contributed by atoms with Crippen LogP contribution in [0.1, 0.15) is 45.6 Å². The van der Waals surface area contributed by atoms with Crippen LogP contribution in [0.2, 0.25) is 0 Å². The molecular weight excluding hydrogens is 297 g/mol. The van der Waals surface area contributed by atoms with Crippen LogP contribution in [0.15, 0.2) is 6.20 Å². The molecule has 0 bridgehead atoms. The van der Waals surface area contributed by atoms with Gasteiger partial charge < -0.3 is 0 Å². The summed E-state index contributed by atoms with van der Waals surface area (Å²) in [4.78, 5) is 22.1. The third-order valence-corrected chi connectivity index (χ3v) is 3.81. The van der Waals surface area contributed by atoms with Gasteiger partial charge in [-0.2, -0.15) is 0 Å². The molecule has 0 aliphatic heterocycles. The van der Waals surface area contributed by atoms with Gasteiger partial charge in [-0.15, -0.1) is 15.3 Å². The van der Waals surface area contributed by atoms with Gasteiger partial charge in [-0.3, -0.25) is 9.59 Å². The van der Waals surface area contributed by atoms with Gasteiger partial charge in [0.05, 0.1) is 12.7 Å². The van der Waals surface area contributed by atoms with Crippen molar-refractivity contribution in [1.82, 2.24) is 25.2 Å². The number of alkyl halides is 1. The van der Waals surface area contributed by atoms with Crippen molar-refractivity contribution in [2.45, 2.75) is 39.4 Å². The summed E-state index contributed by atoms with van der Waals surface area (Å²) in [5, 5.41) is 15.9. The molecule has 1 unspecified atom stereocenters. The highest BCUT2D eigenvalue weighted by atomic mass is 32.1. The van der Waals surface area contributed by atoms with Crippen molar-refractivity contribution >= 4 is 22.9 Å². The normalized spacial score (nSPS) is 12.3. The molecule has 0 aromatic carbocycles. The predicted octanol–water partition coefficient (Wildman–Crippen LogP) is 1.51. The molecule has 0 amide bonds. The highest BCUT2D eigenvalue weighted by molar-refractivity contribution is 7.13. The van der Waals surface area contributed by atoms with Gasteiger partial charge in [-0.05, 0) is 6.42 Å². The monoisotopic (exact) mass is 311 g/mol. The Balaban J connectivity index is 1.84. The highest BCUT2D eigenvalue weighted by Crippen LogP contribution is 2.14. The first-order valence-corrected chi connectivity index (χ1v) is 7.16. The van der Waals surface area contributed by atoms with E-state index in [-0.39, 0.29) is 30.2 Å². The van der Waals surface area contributed by atoms with Crippen molar-refractivity contribution in [2.24, 2.45) is 0 Å². The second-order valence-electron chi connectivity index (χ2n) is 4.58. The minimum atomic E-state index is -1.14. The summed E-state index contributed by atoms with van der Waals surface area (Å²) in [6, 6.07) is 0. The molecule has 0 saturated carbocycles. The maximum atomic E-state index is 13.9. The molecule has 21 heavy (non-hydrogen) atoms. The number of aryl methyl sites for hydroxylation is 1. The number of Topliss-reactive ketones (excluding diaryl/α,β-unsaturated/α-hetero) is 2. The second-order valence-corrected chi connectivity index (χ2v) is 5.64. The van der Waals surface area contributed by atoms with Crippen LogP contribution in [-0.4, -0.2) is 42.9 Å². The fourth-order valence-corrected chi connectivity index (χ4v) is 2.37. The van der Waals surface area contributed by atoms with Crippen LogP contribution in [0.25, 0.3) is 0 Å². The molecule has 0 N–H and O–H groups in total. The van der Waals surface area contributed by atoms with Gasteiger partial charge in [0.15, 0.2) is 16.6 Å². The van der Waals surface area contributed by atoms with Gasteiger partial charge >= 0.3 is 0 Å². The van der Waals surface area contributed by atoms with E-state index in [2.05, 4.69) is 20.5 Å². The second kappa shape index (κ2) is 6.61. The largest absolute Gasteiger partial charge is 0.293 e. The van der Waals surface area contributed by atoms with E-state index in [1.54, 1.807) is 0 Å². The minimum Gasteiger partial charge on any atom is -0.293 e. The third kappa shape index (κ3) is 4.22. The van der Waals surface area contributed by atoms with E-state index in [1.807, 2.05) is 0 Å². The summed E-state index contributed by atoms with van der Waals surface area (Å²) in [6.07, 6.45) is 0.923. The number of ketones is 2. The molecule has 0 fully saturated rings. The first kappa shape index (κ1) is 15.4. The van der Waals surface area contributed by atoms with Gasteiger partial charge in [0.1, 0.15) is 16.9 Å². The van der Waals surface area contributed by atoms with Crippen LogP contribution in [0, 0.1) is 0 Å². The summed E-state index contributed by atoms with van der Waals surface area (Å²) >= 11 is 1.18. The third-order valence-electron chi connectivity index (χ3n) is 2.72. The van der Waals surface area contributed by atoms with Crippen LogP contribution in [0.5, 0.6) is 0 Å². The Kier molecular flexibility index (Phi) is 4.84. The Morgan fingerprint density at radius 2 is 2.05 bits per heavy atom. The number of rotatable bonds is 7. The zero-order valence-electron chi connectivity index (χ0n) is 11.6. The Labute approximate surface area is 124 Å². The van der Waals surface area contributed by atoms with E-state index in [4.69, 9.17) is 0 Å². The molecule has 2 rings (SSSR count). The summed E-state index contributed by atoms with van der Waals surface area (Å²) in [5.74, 6) is -0.350. The number of nitrogens with zero attached hydrogens (tertiary/aromatic N) is 5. The lowest BCUT2D eigenvalue weighted by Gasteiger charge is -2.05. The number of carbonyl (C=O) groups is 2. The lowest BCUT2D eigenvalue weighted by Crippen LogP contribution is -2.13. The van der Waals surface area contributed by atoms with Crippen molar-refractivity contribution in [3.8, 4) is 0 Å². The summed E-state index contributed by atoms with van der Waals surface area (Å²) in [5.41, 5.74) is 0.220. The lowest BCUT2D eigenvalue weighted by atomic mass is 10.2. The fourth-order valence-electron chi connectivity index (χ4n) is 1.62. The minimum absolute atomic E-state index is 0.0264. The molecule has 0 aliphatic carbocycles. The van der Waals surface area contributed by atoms with Crippen molar-refractivity contribution in [3.05, 3.63) is 21.9 Å². The molecule has 2 aromatic heterocycles. The van der Waals surface area contributed by atoms with E-state index >= 15 is 0 Å². The van der Waals surface area contributed by atoms with Gasteiger partial charge in [0, 0.05) is 20.3 Å². The SMILES string of the molecule is CC(=O)c1cn(CC(F)CCc2nnc(C(C)=O)s2)nn1. The predicted molar refractivity (Wildman–Crippen MR) is 73.2 cm³/mol. The van der Waals surface area contributed by atoms with E-state index in [1.165, 1.54) is 36.1 Å². The van der Waals surface area contributed by atoms with Gasteiger partial charge in [0.25, 0.3) is 0 Å². The average Bonchev–Trinajstić information content (AvgIpc) is 3.05. The number of carbonyl (C=O) groups excluding carboxylic acids is 2. The van der Waals surface area contributed by atoms with Crippen LogP contribution >= 0.6 is 11.3 Å². The molecule has 2 aromatic rings. The first-order valence-electron chi connectivity index (χ1n) is 6.34. The molecule has 2 heterocycles. The number of aromatic nitrogens is 5. The Morgan fingerprint density at radius 1 is 1.29 bits per heavy atom. The van der Waals surface area contributed by atoms with E-state index in [0.717, 1.165) is 0 Å². The number of halogens is 1. The summed E-state index contributed by atoms with van der Waals surface area (Å²) < 4.78 is 15.2. The maximum absolute atomic E-state index is 13.9. The molecule has 1 atom stereocenters. The first-order chi connectivity index (χ1) is 9.95. The standard InChI is InChI=1S/C12H14FN5O2S/c1-7(19)10-6-18(17-14-10)5-9(13)3-4-11-15-16-12(21-11)8(2)20/h6,9H,3-5H2,1-2H3. The van der Waals surface area contributed by atoms with Crippen LogP contribution < -0.4 is 0 Å². The molecule has 0 saturated heterocycles. The van der Waals surface area contributed by atoms with Crippen molar-refractivity contribution in [3.63, 3.8) is 0 Å². The van der Waals surface area contributed by atoms with Crippen LogP contribution in [0.3, 0.4) is 0 Å². The average molecular weight is 311 g/mol. The smallest absolute Gasteiger partial charge is 0.190 e. The van der Waals surface area contributed by atoms with Crippen LogP contribution in [0.4, 0.5) is 4.39 Å². The fraction of sp³-hybridized carbons (Fsp3) is 0.500. The highest BCUT2D eigenvalue weighted by Gasteiger charge is 2.14. The van der Waals surface area contributed by atoms with Crippen molar-refractivity contribution in [2.75, 3.05) is 0 Å². The Morgan fingerprint density at radius 3 is 2.62 bits per heavy atom. The van der Waals surface area contributed by atoms with Gasteiger partial charge in [-0.25, -0.2) is 9.07 Å². The topological polar surface area (TPSA) is 90.6 Å². The van der Waals surface area contributed by atoms with Crippen molar-refractivity contribution < 1.29 is 14.0 Å². The Hall–Kier alpha value is -2.03. The van der Waals surface area contributed by atoms with E-state index < -0.39 is 6.17 Å². The number of hydrogen-bond donors (Lipinski definition) is 0. The zero-order valence-corrected chi connectivity index (χ0v) is 12.4. The lowest BCUT2D eigenvalue weighted by molar-refractivity contribution is 0.100. The Bertz CT molecular complexity index is 654. The van der Waals surface area contributed by atoms with Gasteiger partial charge in [0.2, 0.25) is 0 Å². The van der Waals surface area contributed by atoms with Gasteiger partial charge in [-0.1, -0.05) is 16.6 Å². The van der Waals surface area contributed by atoms with E-state index in [9.17, 15) is 14.0 Å². The molecular formula is C12H14FN5O2S. The summed E-state index contributed by atoms with van der Waals surface area (Å²) in [6.45, 7) is 2.82. The summed E-state index contributed by atoms with van der Waals surface area (Å²) in [7, 11) is 0. The number of hydrogen-bond acceptors (Lipinski definition) is 7. The molecule has 0 spiro atoms. The molecule has 9 heteroatoms. The molecule has 0 radical (unpaired) electrons. The maximum Gasteiger partial charge on any atom is 0.190 e. The van der Waals surface area contributed by atoms with Crippen LogP contribution in [-0.2, 0) is 13.0 Å². The molecule has 112 valence electrons. The van der Waals surface area contributed by atoms with E-state index in [0.29, 0.717) is 16.4 Å². The molecule has 0 aliphatic rings. The molecule has 7 nitrogen and oxygen atoms in total.